The molecule has 2 aromatic rings. The summed E-state index contributed by atoms with van der Waals surface area (Å²) in [6.45, 7) is 22.0. The second-order valence-electron chi connectivity index (χ2n) is 13.4. The zero-order valence-electron chi connectivity index (χ0n) is 24.9. The van der Waals surface area contributed by atoms with Gasteiger partial charge in [-0.1, -0.05) is 155 Å². The minimum atomic E-state index is -0.335. The van der Waals surface area contributed by atoms with Gasteiger partial charge in [0.05, 0.1) is 0 Å². The van der Waals surface area contributed by atoms with Crippen LogP contribution >= 0.6 is 15.8 Å². The summed E-state index contributed by atoms with van der Waals surface area (Å²) in [5.74, 6) is 0.832. The molecule has 2 fully saturated rings. The molecule has 0 N–H and O–H groups in total. The number of hydrogen-bond donors (Lipinski definition) is 0. The molecule has 2 heteroatoms. The van der Waals surface area contributed by atoms with Gasteiger partial charge in [0.25, 0.3) is 0 Å². The molecule has 2 aromatic carbocycles. The molecule has 0 heterocycles. The van der Waals surface area contributed by atoms with E-state index in [1.54, 1.807) is 10.6 Å². The third-order valence-electron chi connectivity index (χ3n) is 8.21. The highest BCUT2D eigenvalue weighted by Crippen LogP contribution is 2.67. The van der Waals surface area contributed by atoms with Crippen LogP contribution in [0.15, 0.2) is 48.5 Å². The summed E-state index contributed by atoms with van der Waals surface area (Å²) in [6.07, 6.45) is 11.7. The SMILES string of the molecule is C1CCCC1.Cc1ccc(P(c2ccc(C)cc2)C2CCCC2[C@@H](C)P(C(C)(C)C)C(C)(C)C)cc1. The van der Waals surface area contributed by atoms with Crippen LogP contribution in [0.25, 0.3) is 0 Å². The molecule has 3 atom stereocenters. The Bertz CT molecular complexity index is 843. The summed E-state index contributed by atoms with van der Waals surface area (Å²) in [6, 6.07) is 19.0. The van der Waals surface area contributed by atoms with Gasteiger partial charge in [-0.05, 0) is 72.8 Å². The lowest BCUT2D eigenvalue weighted by Crippen LogP contribution is -2.37. The average molecular weight is 525 g/mol. The van der Waals surface area contributed by atoms with E-state index in [9.17, 15) is 0 Å². The van der Waals surface area contributed by atoms with Crippen molar-refractivity contribution >= 4 is 26.5 Å². The molecule has 0 aliphatic heterocycles. The van der Waals surface area contributed by atoms with E-state index >= 15 is 0 Å². The molecular weight excluding hydrogens is 470 g/mol. The number of benzene rings is 2. The predicted octanol–water partition coefficient (Wildman–Crippen LogP) is 10.3. The zero-order chi connectivity index (χ0) is 26.5. The molecule has 0 amide bonds. The Balaban J connectivity index is 0.000000642. The molecule has 2 aliphatic rings. The lowest BCUT2D eigenvalue weighted by atomic mass is 10.0. The molecule has 200 valence electrons. The third kappa shape index (κ3) is 7.90. The normalized spacial score (nSPS) is 21.5. The van der Waals surface area contributed by atoms with Crippen LogP contribution < -0.4 is 10.6 Å². The first kappa shape index (κ1) is 29.9. The molecule has 2 unspecified atom stereocenters. The van der Waals surface area contributed by atoms with Crippen molar-refractivity contribution in [3.63, 3.8) is 0 Å². The molecular formula is C34H54P2. The molecule has 2 aliphatic carbocycles. The summed E-state index contributed by atoms with van der Waals surface area (Å²) in [5.41, 5.74) is 4.32. The molecule has 0 saturated heterocycles. The Morgan fingerprint density at radius 1 is 0.611 bits per heavy atom. The fourth-order valence-corrected chi connectivity index (χ4v) is 15.7. The van der Waals surface area contributed by atoms with E-state index in [2.05, 4.69) is 111 Å². The fourth-order valence-electron chi connectivity index (χ4n) is 7.10. The minimum absolute atomic E-state index is 0.104. The van der Waals surface area contributed by atoms with Gasteiger partial charge < -0.3 is 0 Å². The molecule has 36 heavy (non-hydrogen) atoms. The van der Waals surface area contributed by atoms with Crippen LogP contribution in [0.2, 0.25) is 0 Å². The van der Waals surface area contributed by atoms with Crippen LogP contribution in [-0.2, 0) is 0 Å². The van der Waals surface area contributed by atoms with Crippen LogP contribution in [0.4, 0.5) is 0 Å². The first-order chi connectivity index (χ1) is 16.9. The first-order valence-electron chi connectivity index (χ1n) is 14.6. The maximum Gasteiger partial charge on any atom is -0.00945 e. The Morgan fingerprint density at radius 2 is 1.00 bits per heavy atom. The quantitative estimate of drug-likeness (QED) is 0.341. The minimum Gasteiger partial charge on any atom is -0.0924 e. The van der Waals surface area contributed by atoms with E-state index in [4.69, 9.17) is 0 Å². The van der Waals surface area contributed by atoms with Gasteiger partial charge in [0.2, 0.25) is 0 Å². The van der Waals surface area contributed by atoms with Gasteiger partial charge >= 0.3 is 0 Å². The summed E-state index contributed by atoms with van der Waals surface area (Å²) in [4.78, 5) is 0. The van der Waals surface area contributed by atoms with E-state index in [0.29, 0.717) is 10.3 Å². The monoisotopic (exact) mass is 524 g/mol. The summed E-state index contributed by atoms with van der Waals surface area (Å²) in [7, 11) is -0.439. The van der Waals surface area contributed by atoms with Gasteiger partial charge in [0.1, 0.15) is 0 Å². The van der Waals surface area contributed by atoms with Crippen molar-refractivity contribution in [2.24, 2.45) is 5.92 Å². The lowest BCUT2D eigenvalue weighted by Gasteiger charge is -2.49. The topological polar surface area (TPSA) is 0 Å². The maximum absolute atomic E-state index is 2.61. The Morgan fingerprint density at radius 3 is 1.36 bits per heavy atom. The second kappa shape index (κ2) is 12.9. The van der Waals surface area contributed by atoms with Crippen molar-refractivity contribution in [2.45, 2.75) is 135 Å². The predicted molar refractivity (Wildman–Crippen MR) is 169 cm³/mol. The van der Waals surface area contributed by atoms with E-state index in [-0.39, 0.29) is 15.8 Å². The molecule has 0 aromatic heterocycles. The Labute approximate surface area is 227 Å². The number of aryl methyl sites for hydroxylation is 2. The van der Waals surface area contributed by atoms with Crippen LogP contribution in [-0.4, -0.2) is 21.6 Å². The third-order valence-corrected chi connectivity index (χ3v) is 15.3. The Kier molecular flexibility index (Phi) is 10.7. The van der Waals surface area contributed by atoms with Gasteiger partial charge in [-0.2, -0.15) is 0 Å². The molecule has 0 spiro atoms. The average Bonchev–Trinajstić information content (AvgIpc) is 3.50. The van der Waals surface area contributed by atoms with E-state index in [0.717, 1.165) is 17.2 Å². The van der Waals surface area contributed by atoms with Gasteiger partial charge in [0, 0.05) is 0 Å². The van der Waals surface area contributed by atoms with Gasteiger partial charge in [-0.3, -0.25) is 0 Å². The second-order valence-corrected chi connectivity index (χ2v) is 20.1. The smallest absolute Gasteiger partial charge is 0.00945 e. The van der Waals surface area contributed by atoms with E-state index in [1.807, 2.05) is 0 Å². The van der Waals surface area contributed by atoms with Gasteiger partial charge in [0.15, 0.2) is 0 Å². The fraction of sp³-hybridized carbons (Fsp3) is 0.647. The number of rotatable bonds is 5. The van der Waals surface area contributed by atoms with E-state index in [1.165, 1.54) is 62.5 Å². The summed E-state index contributed by atoms with van der Waals surface area (Å²) >= 11 is 0. The van der Waals surface area contributed by atoms with Crippen molar-refractivity contribution in [2.75, 3.05) is 0 Å². The highest BCUT2D eigenvalue weighted by atomic mass is 31.1. The molecule has 0 nitrogen and oxygen atoms in total. The van der Waals surface area contributed by atoms with Crippen LogP contribution in [0.3, 0.4) is 0 Å². The maximum atomic E-state index is 2.61. The first-order valence-corrected chi connectivity index (χ1v) is 17.4. The molecule has 2 saturated carbocycles. The van der Waals surface area contributed by atoms with E-state index < -0.39 is 0 Å². The van der Waals surface area contributed by atoms with Crippen molar-refractivity contribution in [3.8, 4) is 0 Å². The highest BCUT2D eigenvalue weighted by Gasteiger charge is 2.46. The molecule has 4 rings (SSSR count). The van der Waals surface area contributed by atoms with Crippen LogP contribution in [0, 0.1) is 19.8 Å². The van der Waals surface area contributed by atoms with Gasteiger partial charge in [-0.15, -0.1) is 0 Å². The van der Waals surface area contributed by atoms with Crippen molar-refractivity contribution in [3.05, 3.63) is 59.7 Å². The van der Waals surface area contributed by atoms with Crippen LogP contribution in [0.5, 0.6) is 0 Å². The zero-order valence-corrected chi connectivity index (χ0v) is 26.7. The largest absolute Gasteiger partial charge is 0.0924 e. The summed E-state index contributed by atoms with van der Waals surface area (Å²) < 4.78 is 0. The van der Waals surface area contributed by atoms with Crippen LogP contribution in [0.1, 0.15) is 111 Å². The molecule has 0 bridgehead atoms. The standard InChI is InChI=1S/C29H44P2.C5H10/c1-21-13-17-24(18-14-21)30(25-19-15-22(2)16-20-25)27-12-10-11-26(27)23(3)31(28(4,5)6)29(7,8)9;1-2-4-5-3-1/h13-20,23,26-27H,10-12H2,1-9H3;1-5H2/t23-,26?,27?;/m1./s1. The van der Waals surface area contributed by atoms with Crippen molar-refractivity contribution in [1.82, 2.24) is 0 Å². The lowest BCUT2D eigenvalue weighted by molar-refractivity contribution is 0.527. The number of hydrogen-bond acceptors (Lipinski definition) is 0. The van der Waals surface area contributed by atoms with Gasteiger partial charge in [-0.25, -0.2) is 0 Å². The van der Waals surface area contributed by atoms with Crippen molar-refractivity contribution in [1.29, 1.82) is 0 Å². The summed E-state index contributed by atoms with van der Waals surface area (Å²) in [5, 5.41) is 3.92. The molecule has 0 radical (unpaired) electrons. The highest BCUT2D eigenvalue weighted by molar-refractivity contribution is 7.73. The Hall–Kier alpha value is -0.700. The van der Waals surface area contributed by atoms with Crippen molar-refractivity contribution < 1.29 is 0 Å².